The third-order valence-corrected chi connectivity index (χ3v) is 4.28. The van der Waals surface area contributed by atoms with Crippen LogP contribution in [0.25, 0.3) is 0 Å². The van der Waals surface area contributed by atoms with E-state index in [0.717, 1.165) is 23.5 Å². The summed E-state index contributed by atoms with van der Waals surface area (Å²) >= 11 is 0. The van der Waals surface area contributed by atoms with Gasteiger partial charge in [-0.25, -0.2) is 8.78 Å². The van der Waals surface area contributed by atoms with Gasteiger partial charge in [-0.2, -0.15) is 5.26 Å². The molecule has 1 heterocycles. The van der Waals surface area contributed by atoms with E-state index in [2.05, 4.69) is 11.4 Å². The van der Waals surface area contributed by atoms with Gasteiger partial charge in [-0.05, 0) is 44.5 Å². The molecule has 1 saturated heterocycles. The maximum atomic E-state index is 13.7. The minimum atomic E-state index is -1.17. The first-order valence-electron chi connectivity index (χ1n) is 7.87. The first-order chi connectivity index (χ1) is 11.9. The van der Waals surface area contributed by atoms with Crippen LogP contribution >= 0.6 is 0 Å². The SMILES string of the molecule is N#CC1(N(CC(N)=O)C(=O)[CH]Cc2c(F)cccc2F)CCNCC1. The molecule has 133 valence electrons. The Hall–Kier alpha value is -2.53. The molecule has 1 aromatic rings. The maximum absolute atomic E-state index is 13.7. The second-order valence-electron chi connectivity index (χ2n) is 5.89. The highest BCUT2D eigenvalue weighted by Crippen LogP contribution is 2.26. The Morgan fingerprint density at radius 2 is 1.92 bits per heavy atom. The molecule has 1 aliphatic heterocycles. The highest BCUT2D eigenvalue weighted by Gasteiger charge is 2.41. The number of nitriles is 1. The molecule has 0 saturated carbocycles. The number of nitrogens with two attached hydrogens (primary N) is 1. The van der Waals surface area contributed by atoms with Crippen molar-refractivity contribution >= 4 is 11.8 Å². The van der Waals surface area contributed by atoms with Crippen LogP contribution in [-0.2, 0) is 16.0 Å². The standard InChI is InChI=1S/C17H19F2N4O2/c18-13-2-1-3-14(19)12(13)4-5-16(25)23(10-15(21)24)17(11-20)6-8-22-9-7-17/h1-3,5,22H,4,6-10H2,(H2,21,24). The van der Waals surface area contributed by atoms with Gasteiger partial charge in [-0.3, -0.25) is 9.59 Å². The molecule has 1 aromatic carbocycles. The molecular formula is C17H19F2N4O2. The maximum Gasteiger partial charge on any atom is 0.237 e. The predicted molar refractivity (Wildman–Crippen MR) is 85.7 cm³/mol. The van der Waals surface area contributed by atoms with Gasteiger partial charge in [0, 0.05) is 5.56 Å². The first-order valence-corrected chi connectivity index (χ1v) is 7.87. The van der Waals surface area contributed by atoms with Gasteiger partial charge < -0.3 is 16.0 Å². The van der Waals surface area contributed by atoms with Crippen LogP contribution in [0.2, 0.25) is 0 Å². The van der Waals surface area contributed by atoms with E-state index in [1.54, 1.807) is 0 Å². The highest BCUT2D eigenvalue weighted by molar-refractivity contribution is 5.90. The number of carbonyl (C=O) groups is 2. The van der Waals surface area contributed by atoms with E-state index < -0.39 is 35.5 Å². The van der Waals surface area contributed by atoms with Crippen molar-refractivity contribution in [2.24, 2.45) is 5.73 Å². The molecule has 2 rings (SSSR count). The summed E-state index contributed by atoms with van der Waals surface area (Å²) in [6.45, 7) is 0.596. The van der Waals surface area contributed by atoms with Crippen LogP contribution in [-0.4, -0.2) is 41.9 Å². The number of nitrogens with zero attached hydrogens (tertiary/aromatic N) is 2. The Balaban J connectivity index is 2.18. The monoisotopic (exact) mass is 349 g/mol. The van der Waals surface area contributed by atoms with E-state index in [9.17, 15) is 23.6 Å². The number of hydrogen-bond donors (Lipinski definition) is 2. The summed E-state index contributed by atoms with van der Waals surface area (Å²) in [4.78, 5) is 25.1. The number of piperidine rings is 1. The van der Waals surface area contributed by atoms with E-state index in [1.807, 2.05) is 0 Å². The molecule has 1 radical (unpaired) electrons. The minimum Gasteiger partial charge on any atom is -0.368 e. The van der Waals surface area contributed by atoms with Crippen molar-refractivity contribution in [1.29, 1.82) is 5.26 Å². The van der Waals surface area contributed by atoms with E-state index in [-0.39, 0.29) is 12.0 Å². The molecule has 8 heteroatoms. The van der Waals surface area contributed by atoms with Crippen molar-refractivity contribution < 1.29 is 18.4 Å². The van der Waals surface area contributed by atoms with Crippen molar-refractivity contribution in [3.63, 3.8) is 0 Å². The summed E-state index contributed by atoms with van der Waals surface area (Å²) in [6, 6.07) is 5.54. The number of nitrogens with one attached hydrogen (secondary N) is 1. The molecule has 0 atom stereocenters. The number of halogens is 2. The number of benzene rings is 1. The van der Waals surface area contributed by atoms with Gasteiger partial charge in [0.2, 0.25) is 11.8 Å². The number of carbonyl (C=O) groups excluding carboxylic acids is 2. The highest BCUT2D eigenvalue weighted by atomic mass is 19.1. The number of primary amides is 1. The topological polar surface area (TPSA) is 99.2 Å². The zero-order valence-electron chi connectivity index (χ0n) is 13.6. The molecule has 25 heavy (non-hydrogen) atoms. The third-order valence-electron chi connectivity index (χ3n) is 4.28. The summed E-state index contributed by atoms with van der Waals surface area (Å²) < 4.78 is 27.4. The Labute approximate surface area is 144 Å². The summed E-state index contributed by atoms with van der Waals surface area (Å²) in [7, 11) is 0. The van der Waals surface area contributed by atoms with Crippen molar-refractivity contribution in [2.75, 3.05) is 19.6 Å². The quantitative estimate of drug-likeness (QED) is 0.788. The Kier molecular flexibility index (Phi) is 6.04. The smallest absolute Gasteiger partial charge is 0.237 e. The van der Waals surface area contributed by atoms with Crippen LogP contribution in [0.4, 0.5) is 8.78 Å². The van der Waals surface area contributed by atoms with Gasteiger partial charge >= 0.3 is 0 Å². The summed E-state index contributed by atoms with van der Waals surface area (Å²) in [5, 5.41) is 12.7. The molecule has 0 unspecified atom stereocenters. The lowest BCUT2D eigenvalue weighted by Gasteiger charge is -2.41. The van der Waals surface area contributed by atoms with E-state index in [1.165, 1.54) is 6.07 Å². The lowest BCUT2D eigenvalue weighted by molar-refractivity contribution is -0.137. The first kappa shape index (κ1) is 18.8. The van der Waals surface area contributed by atoms with Crippen LogP contribution in [0.15, 0.2) is 18.2 Å². The van der Waals surface area contributed by atoms with Gasteiger partial charge in [0.15, 0.2) is 0 Å². The van der Waals surface area contributed by atoms with Gasteiger partial charge in [0.25, 0.3) is 0 Å². The summed E-state index contributed by atoms with van der Waals surface area (Å²) in [5.41, 5.74) is 3.81. The molecular weight excluding hydrogens is 330 g/mol. The van der Waals surface area contributed by atoms with Gasteiger partial charge in [-0.1, -0.05) is 6.07 Å². The number of hydrogen-bond acceptors (Lipinski definition) is 4. The van der Waals surface area contributed by atoms with Crippen molar-refractivity contribution in [3.8, 4) is 6.07 Å². The summed E-state index contributed by atoms with van der Waals surface area (Å²) in [6.07, 6.45) is 1.47. The van der Waals surface area contributed by atoms with E-state index >= 15 is 0 Å². The minimum absolute atomic E-state index is 0.244. The second-order valence-corrected chi connectivity index (χ2v) is 5.89. The molecule has 0 aliphatic carbocycles. The lowest BCUT2D eigenvalue weighted by Crippen LogP contribution is -2.58. The van der Waals surface area contributed by atoms with Crippen LogP contribution in [0, 0.1) is 29.4 Å². The molecule has 0 bridgehead atoms. The summed E-state index contributed by atoms with van der Waals surface area (Å²) in [5.74, 6) is -2.93. The van der Waals surface area contributed by atoms with Gasteiger partial charge in [-0.15, -0.1) is 0 Å². The molecule has 0 spiro atoms. The van der Waals surface area contributed by atoms with E-state index in [0.29, 0.717) is 25.9 Å². The second kappa shape index (κ2) is 8.03. The Bertz CT molecular complexity index is 676. The lowest BCUT2D eigenvalue weighted by atomic mass is 9.87. The molecule has 2 amide bonds. The Morgan fingerprint density at radius 3 is 2.44 bits per heavy atom. The number of amides is 2. The third kappa shape index (κ3) is 4.31. The van der Waals surface area contributed by atoms with Crippen LogP contribution in [0.3, 0.4) is 0 Å². The molecule has 6 nitrogen and oxygen atoms in total. The zero-order valence-corrected chi connectivity index (χ0v) is 13.6. The van der Waals surface area contributed by atoms with E-state index in [4.69, 9.17) is 5.73 Å². The zero-order chi connectivity index (χ0) is 18.4. The van der Waals surface area contributed by atoms with Gasteiger partial charge in [0.1, 0.15) is 23.7 Å². The molecule has 3 N–H and O–H groups in total. The van der Waals surface area contributed by atoms with Crippen molar-refractivity contribution in [2.45, 2.75) is 24.8 Å². The Morgan fingerprint density at radius 1 is 1.32 bits per heavy atom. The molecule has 1 fully saturated rings. The fourth-order valence-corrected chi connectivity index (χ4v) is 2.91. The van der Waals surface area contributed by atoms with Crippen LogP contribution in [0.1, 0.15) is 18.4 Å². The normalized spacial score (nSPS) is 16.0. The van der Waals surface area contributed by atoms with Crippen molar-refractivity contribution in [1.82, 2.24) is 10.2 Å². The fraction of sp³-hybridized carbons (Fsp3) is 0.412. The van der Waals surface area contributed by atoms with Gasteiger partial charge in [0.05, 0.1) is 12.5 Å². The molecule has 0 aromatic heterocycles. The average Bonchev–Trinajstić information content (AvgIpc) is 2.59. The largest absolute Gasteiger partial charge is 0.368 e. The molecule has 1 aliphatic rings. The fourth-order valence-electron chi connectivity index (χ4n) is 2.91. The van der Waals surface area contributed by atoms with Crippen molar-refractivity contribution in [3.05, 3.63) is 41.8 Å². The number of rotatable bonds is 6. The van der Waals surface area contributed by atoms with Crippen LogP contribution in [0.5, 0.6) is 0 Å². The average molecular weight is 349 g/mol. The predicted octanol–water partition coefficient (Wildman–Crippen LogP) is 0.671. The van der Waals surface area contributed by atoms with Crippen LogP contribution < -0.4 is 11.1 Å².